The highest BCUT2D eigenvalue weighted by molar-refractivity contribution is 5.24. The molecule has 0 amide bonds. The van der Waals surface area contributed by atoms with Gasteiger partial charge in [-0.25, -0.2) is 8.78 Å². The lowest BCUT2D eigenvalue weighted by molar-refractivity contribution is 0.155. The lowest BCUT2D eigenvalue weighted by atomic mass is 9.69. The van der Waals surface area contributed by atoms with Crippen LogP contribution in [0.25, 0.3) is 0 Å². The molecule has 3 aliphatic rings. The van der Waals surface area contributed by atoms with E-state index in [-0.39, 0.29) is 5.54 Å². The number of fused-ring (bicyclic) bond motifs is 5. The monoisotopic (exact) mass is 277 g/mol. The molecule has 1 aromatic carbocycles. The summed E-state index contributed by atoms with van der Waals surface area (Å²) in [5.74, 6) is 1.40. The van der Waals surface area contributed by atoms with Crippen molar-refractivity contribution in [1.29, 1.82) is 0 Å². The molecule has 3 fully saturated rings. The molecular formula is C17H21F2N. The first kappa shape index (κ1) is 12.8. The number of halogens is 2. The first-order valence-corrected chi connectivity index (χ1v) is 7.80. The molecule has 3 saturated carbocycles. The predicted octanol–water partition coefficient (Wildman–Crippen LogP) is 3.66. The molecule has 1 aromatic rings. The minimum atomic E-state index is -0.756. The van der Waals surface area contributed by atoms with Crippen molar-refractivity contribution in [1.82, 2.24) is 0 Å². The van der Waals surface area contributed by atoms with Crippen LogP contribution in [0, 0.1) is 35.3 Å². The third kappa shape index (κ3) is 1.68. The molecule has 0 saturated heterocycles. The highest BCUT2D eigenvalue weighted by Crippen LogP contribution is 2.62. The second kappa shape index (κ2) is 4.27. The Balaban J connectivity index is 1.61. The van der Waals surface area contributed by atoms with E-state index in [9.17, 15) is 8.78 Å². The number of rotatable bonds is 2. The average molecular weight is 277 g/mol. The molecule has 5 unspecified atom stereocenters. The molecule has 0 spiro atoms. The van der Waals surface area contributed by atoms with Gasteiger partial charge in [0.1, 0.15) is 0 Å². The minimum absolute atomic E-state index is 0.315. The van der Waals surface area contributed by atoms with Gasteiger partial charge in [0.2, 0.25) is 0 Å². The van der Waals surface area contributed by atoms with Gasteiger partial charge in [0, 0.05) is 5.54 Å². The van der Waals surface area contributed by atoms with Gasteiger partial charge in [-0.3, -0.25) is 0 Å². The summed E-state index contributed by atoms with van der Waals surface area (Å²) in [4.78, 5) is 0. The van der Waals surface area contributed by atoms with Crippen molar-refractivity contribution >= 4 is 0 Å². The van der Waals surface area contributed by atoms with Crippen molar-refractivity contribution in [2.75, 3.05) is 0 Å². The predicted molar refractivity (Wildman–Crippen MR) is 74.0 cm³/mol. The van der Waals surface area contributed by atoms with Crippen molar-refractivity contribution in [3.8, 4) is 0 Å². The second-order valence-corrected chi connectivity index (χ2v) is 7.19. The van der Waals surface area contributed by atoms with Gasteiger partial charge in [-0.1, -0.05) is 18.6 Å². The first-order chi connectivity index (χ1) is 9.58. The van der Waals surface area contributed by atoms with Gasteiger partial charge in [0.15, 0.2) is 11.6 Å². The van der Waals surface area contributed by atoms with Crippen LogP contribution in [0.1, 0.15) is 37.7 Å². The van der Waals surface area contributed by atoms with Crippen LogP contribution in [0.4, 0.5) is 8.78 Å². The summed E-state index contributed by atoms with van der Waals surface area (Å²) < 4.78 is 27.3. The van der Waals surface area contributed by atoms with E-state index in [0.29, 0.717) is 17.9 Å². The SMILES string of the molecule is NC1(Cc2cccc(F)c2F)CC2CC1C1CCCC21. The van der Waals surface area contributed by atoms with E-state index in [4.69, 9.17) is 5.73 Å². The highest BCUT2D eigenvalue weighted by Gasteiger charge is 2.59. The Morgan fingerprint density at radius 2 is 2.00 bits per heavy atom. The van der Waals surface area contributed by atoms with Gasteiger partial charge >= 0.3 is 0 Å². The average Bonchev–Trinajstić information content (AvgIpc) is 3.05. The number of benzene rings is 1. The van der Waals surface area contributed by atoms with Gasteiger partial charge in [0.25, 0.3) is 0 Å². The van der Waals surface area contributed by atoms with E-state index in [1.54, 1.807) is 12.1 Å². The largest absolute Gasteiger partial charge is 0.325 e. The number of nitrogens with two attached hydrogens (primary N) is 1. The first-order valence-electron chi connectivity index (χ1n) is 7.80. The molecule has 3 heteroatoms. The smallest absolute Gasteiger partial charge is 0.162 e. The van der Waals surface area contributed by atoms with Crippen molar-refractivity contribution in [3.05, 3.63) is 35.4 Å². The molecule has 0 aliphatic heterocycles. The van der Waals surface area contributed by atoms with Crippen molar-refractivity contribution in [2.24, 2.45) is 29.4 Å². The van der Waals surface area contributed by atoms with E-state index in [2.05, 4.69) is 0 Å². The highest BCUT2D eigenvalue weighted by atomic mass is 19.2. The zero-order valence-corrected chi connectivity index (χ0v) is 11.6. The summed E-state index contributed by atoms with van der Waals surface area (Å²) in [5.41, 5.74) is 6.80. The molecule has 1 nitrogen and oxygen atoms in total. The lowest BCUT2D eigenvalue weighted by Gasteiger charge is -2.40. The zero-order valence-electron chi connectivity index (χ0n) is 11.6. The molecule has 2 N–H and O–H groups in total. The summed E-state index contributed by atoms with van der Waals surface area (Å²) >= 11 is 0. The van der Waals surface area contributed by atoms with Gasteiger partial charge in [0.05, 0.1) is 0 Å². The molecule has 4 rings (SSSR count). The van der Waals surface area contributed by atoms with E-state index in [1.807, 2.05) is 0 Å². The van der Waals surface area contributed by atoms with E-state index in [0.717, 1.165) is 24.2 Å². The Morgan fingerprint density at radius 3 is 2.85 bits per heavy atom. The molecule has 108 valence electrons. The maximum atomic E-state index is 13.9. The summed E-state index contributed by atoms with van der Waals surface area (Å²) in [6, 6.07) is 4.45. The third-order valence-electron chi connectivity index (χ3n) is 6.24. The molecule has 20 heavy (non-hydrogen) atoms. The molecule has 0 aromatic heterocycles. The van der Waals surface area contributed by atoms with Crippen LogP contribution in [0.5, 0.6) is 0 Å². The van der Waals surface area contributed by atoms with Crippen LogP contribution in [-0.2, 0) is 6.42 Å². The van der Waals surface area contributed by atoms with Gasteiger partial charge in [-0.05, 0) is 67.4 Å². The Morgan fingerprint density at radius 1 is 1.20 bits per heavy atom. The Labute approximate surface area is 118 Å². The topological polar surface area (TPSA) is 26.0 Å². The normalized spacial score (nSPS) is 42.1. The van der Waals surface area contributed by atoms with Crippen LogP contribution in [-0.4, -0.2) is 5.54 Å². The van der Waals surface area contributed by atoms with Crippen LogP contribution in [0.15, 0.2) is 18.2 Å². The molecule has 0 radical (unpaired) electrons. The molecule has 2 bridgehead atoms. The van der Waals surface area contributed by atoms with Crippen LogP contribution >= 0.6 is 0 Å². The zero-order chi connectivity index (χ0) is 13.9. The number of hydrogen-bond donors (Lipinski definition) is 1. The summed E-state index contributed by atoms with van der Waals surface area (Å²) in [6.07, 6.45) is 6.66. The van der Waals surface area contributed by atoms with Crippen LogP contribution in [0.2, 0.25) is 0 Å². The van der Waals surface area contributed by atoms with Crippen LogP contribution in [0.3, 0.4) is 0 Å². The van der Waals surface area contributed by atoms with Gasteiger partial charge in [-0.2, -0.15) is 0 Å². The maximum absolute atomic E-state index is 13.9. The maximum Gasteiger partial charge on any atom is 0.162 e. The van der Waals surface area contributed by atoms with Crippen molar-refractivity contribution < 1.29 is 8.78 Å². The fourth-order valence-corrected chi connectivity index (χ4v) is 5.56. The minimum Gasteiger partial charge on any atom is -0.325 e. The summed E-state index contributed by atoms with van der Waals surface area (Å²) in [5, 5.41) is 0. The summed E-state index contributed by atoms with van der Waals surface area (Å²) in [6.45, 7) is 0. The standard InChI is InChI=1S/C17H21F2N/c18-15-6-1-3-10(16(15)19)8-17(20)9-11-7-14(17)13-5-2-4-12(11)13/h1,3,6,11-14H,2,4-5,7-9,20H2. The van der Waals surface area contributed by atoms with E-state index >= 15 is 0 Å². The molecule has 5 atom stereocenters. The molecular weight excluding hydrogens is 256 g/mol. The van der Waals surface area contributed by atoms with Gasteiger partial charge in [-0.15, -0.1) is 0 Å². The Kier molecular flexibility index (Phi) is 2.72. The number of hydrogen-bond acceptors (Lipinski definition) is 1. The Bertz CT molecular complexity index is 544. The second-order valence-electron chi connectivity index (χ2n) is 7.19. The Hall–Kier alpha value is -0.960. The summed E-state index contributed by atoms with van der Waals surface area (Å²) in [7, 11) is 0. The molecule has 0 heterocycles. The molecule has 3 aliphatic carbocycles. The van der Waals surface area contributed by atoms with Crippen LogP contribution < -0.4 is 5.73 Å². The quantitative estimate of drug-likeness (QED) is 0.877. The van der Waals surface area contributed by atoms with Gasteiger partial charge < -0.3 is 5.73 Å². The van der Waals surface area contributed by atoms with Crippen molar-refractivity contribution in [2.45, 2.75) is 44.1 Å². The van der Waals surface area contributed by atoms with Crippen molar-refractivity contribution in [3.63, 3.8) is 0 Å². The van der Waals surface area contributed by atoms with E-state index < -0.39 is 11.6 Å². The fourth-order valence-electron chi connectivity index (χ4n) is 5.56. The van der Waals surface area contributed by atoms with E-state index in [1.165, 1.54) is 31.7 Å². The third-order valence-corrected chi connectivity index (χ3v) is 6.24. The lowest BCUT2D eigenvalue weighted by Crippen LogP contribution is -2.51. The fraction of sp³-hybridized carbons (Fsp3) is 0.647.